The van der Waals surface area contributed by atoms with Gasteiger partial charge in [-0.1, -0.05) is 5.16 Å². The fraction of sp³-hybridized carbons (Fsp3) is 0.143. The number of oxime groups is 1. The molecule has 0 saturated carbocycles. The highest BCUT2D eigenvalue weighted by atomic mass is 32.1. The van der Waals surface area contributed by atoms with Crippen LogP contribution >= 0.6 is 11.3 Å². The molecule has 17 heavy (non-hydrogen) atoms. The Morgan fingerprint density at radius 2 is 2.59 bits per heavy atom. The molecule has 0 amide bonds. The first kappa shape index (κ1) is 11.1. The molecule has 87 valence electrons. The third kappa shape index (κ3) is 2.81. The van der Waals surface area contributed by atoms with Crippen LogP contribution in [0.4, 0.5) is 5.13 Å². The van der Waals surface area contributed by atoms with E-state index in [4.69, 9.17) is 10.6 Å². The predicted molar refractivity (Wildman–Crippen MR) is 57.7 cm³/mol. The summed E-state index contributed by atoms with van der Waals surface area (Å²) in [4.78, 5) is 19.4. The first-order chi connectivity index (χ1) is 8.29. The van der Waals surface area contributed by atoms with Crippen molar-refractivity contribution in [2.75, 3.05) is 5.73 Å². The highest BCUT2D eigenvalue weighted by Gasteiger charge is 2.08. The fourth-order valence-electron chi connectivity index (χ4n) is 0.912. The number of anilines is 1. The minimum absolute atomic E-state index is 0.0117. The summed E-state index contributed by atoms with van der Waals surface area (Å²) in [6.45, 7) is 0.0117. The molecule has 0 bridgehead atoms. The van der Waals surface area contributed by atoms with Gasteiger partial charge in [0.05, 0.1) is 0 Å². The van der Waals surface area contributed by atoms with Gasteiger partial charge in [0.25, 0.3) is 6.29 Å². The molecule has 0 aliphatic carbocycles. The number of hydrogen-bond acceptors (Lipinski definition) is 9. The summed E-state index contributed by atoms with van der Waals surface area (Å²) in [7, 11) is 0. The summed E-state index contributed by atoms with van der Waals surface area (Å²) < 4.78 is 0. The number of nitrogens with one attached hydrogen (secondary N) is 1. The van der Waals surface area contributed by atoms with Crippen LogP contribution in [0.15, 0.2) is 10.5 Å². The lowest BCUT2D eigenvalue weighted by molar-refractivity contribution is 0.125. The molecule has 2 heterocycles. The van der Waals surface area contributed by atoms with Gasteiger partial charge >= 0.3 is 0 Å². The molecule has 2 aromatic heterocycles. The van der Waals surface area contributed by atoms with Crippen molar-refractivity contribution in [3.05, 3.63) is 16.9 Å². The molecule has 2 rings (SSSR count). The average Bonchev–Trinajstić information content (AvgIpc) is 2.96. The molecule has 9 nitrogen and oxygen atoms in total. The minimum Gasteiger partial charge on any atom is -0.387 e. The molecule has 0 unspecified atom stereocenters. The summed E-state index contributed by atoms with van der Waals surface area (Å²) in [5.74, 6) is 0.386. The first-order valence-electron chi connectivity index (χ1n) is 4.31. The monoisotopic (exact) mass is 252 g/mol. The SMILES string of the molecule is Nc1nc(/C([C]=O)=N\OCc2nnn[nH]2)cs1. The molecule has 2 aromatic rings. The second kappa shape index (κ2) is 5.12. The van der Waals surface area contributed by atoms with E-state index in [0.29, 0.717) is 16.6 Å². The van der Waals surface area contributed by atoms with Gasteiger partial charge in [-0.25, -0.2) is 10.1 Å². The number of aromatic amines is 1. The Morgan fingerprint density at radius 1 is 1.71 bits per heavy atom. The lowest BCUT2D eigenvalue weighted by Crippen LogP contribution is -2.04. The van der Waals surface area contributed by atoms with E-state index < -0.39 is 0 Å². The van der Waals surface area contributed by atoms with Crippen LogP contribution in [0.1, 0.15) is 11.5 Å². The van der Waals surface area contributed by atoms with Crippen molar-refractivity contribution in [1.82, 2.24) is 25.6 Å². The van der Waals surface area contributed by atoms with Gasteiger partial charge in [0.15, 0.2) is 23.3 Å². The van der Waals surface area contributed by atoms with E-state index in [-0.39, 0.29) is 12.3 Å². The number of hydrogen-bond donors (Lipinski definition) is 2. The van der Waals surface area contributed by atoms with E-state index in [1.165, 1.54) is 11.3 Å². The van der Waals surface area contributed by atoms with Gasteiger partial charge in [-0.15, -0.1) is 16.4 Å². The van der Waals surface area contributed by atoms with Gasteiger partial charge in [0.2, 0.25) is 0 Å². The number of carbonyl (C=O) groups excluding carboxylic acids is 1. The topological polar surface area (TPSA) is 132 Å². The van der Waals surface area contributed by atoms with Crippen molar-refractivity contribution in [1.29, 1.82) is 0 Å². The van der Waals surface area contributed by atoms with Crippen LogP contribution in [0.2, 0.25) is 0 Å². The van der Waals surface area contributed by atoms with Crippen LogP contribution in [0.3, 0.4) is 0 Å². The molecule has 3 N–H and O–H groups in total. The van der Waals surface area contributed by atoms with Crippen LogP contribution in [0.5, 0.6) is 0 Å². The summed E-state index contributed by atoms with van der Waals surface area (Å²) in [6, 6.07) is 0. The van der Waals surface area contributed by atoms with Crippen LogP contribution in [-0.2, 0) is 16.2 Å². The quantitative estimate of drug-likeness (QED) is 0.529. The standard InChI is InChI=1S/C7H6N7O2S/c8-7-9-5(3-17-7)4(1-15)12-16-2-6-10-13-14-11-6/h3H,2H2,(H2,8,9)(H,10,11,13,14)/b12-4-. The number of nitrogen functional groups attached to an aromatic ring is 1. The third-order valence-electron chi connectivity index (χ3n) is 1.61. The minimum atomic E-state index is -0.0644. The lowest BCUT2D eigenvalue weighted by Gasteiger charge is -1.95. The van der Waals surface area contributed by atoms with E-state index in [1.807, 2.05) is 0 Å². The number of nitrogens with two attached hydrogens (primary N) is 1. The predicted octanol–water partition coefficient (Wildman–Crippen LogP) is -0.731. The van der Waals surface area contributed by atoms with Gasteiger partial charge in [-0.2, -0.15) is 0 Å². The molecule has 10 heteroatoms. The van der Waals surface area contributed by atoms with E-state index in [9.17, 15) is 4.79 Å². The zero-order chi connectivity index (χ0) is 12.1. The number of rotatable bonds is 5. The van der Waals surface area contributed by atoms with Crippen molar-refractivity contribution >= 4 is 28.5 Å². The Hall–Kier alpha value is -2.36. The van der Waals surface area contributed by atoms with Gasteiger partial charge in [-0.3, -0.25) is 4.79 Å². The van der Waals surface area contributed by atoms with Crippen molar-refractivity contribution in [2.24, 2.45) is 5.16 Å². The fourth-order valence-corrected chi connectivity index (χ4v) is 1.46. The van der Waals surface area contributed by atoms with Crippen LogP contribution < -0.4 is 5.73 Å². The Balaban J connectivity index is 2.01. The van der Waals surface area contributed by atoms with Crippen LogP contribution in [-0.4, -0.2) is 37.6 Å². The van der Waals surface area contributed by atoms with Crippen molar-refractivity contribution in [3.63, 3.8) is 0 Å². The molecule has 0 aliphatic heterocycles. The van der Waals surface area contributed by atoms with E-state index in [2.05, 4.69) is 30.8 Å². The van der Waals surface area contributed by atoms with Crippen LogP contribution in [0, 0.1) is 0 Å². The molecule has 0 aromatic carbocycles. The van der Waals surface area contributed by atoms with Crippen LogP contribution in [0.25, 0.3) is 0 Å². The van der Waals surface area contributed by atoms with Crippen molar-refractivity contribution < 1.29 is 9.63 Å². The molecular formula is C7H6N7O2S. The molecular weight excluding hydrogens is 246 g/mol. The van der Waals surface area contributed by atoms with Crippen molar-refractivity contribution in [2.45, 2.75) is 6.61 Å². The number of thiazole rings is 1. The second-order valence-electron chi connectivity index (χ2n) is 2.73. The summed E-state index contributed by atoms with van der Waals surface area (Å²) in [5, 5.41) is 18.2. The molecule has 0 spiro atoms. The third-order valence-corrected chi connectivity index (χ3v) is 2.28. The van der Waals surface area contributed by atoms with E-state index >= 15 is 0 Å². The summed E-state index contributed by atoms with van der Waals surface area (Å²) >= 11 is 1.19. The van der Waals surface area contributed by atoms with Crippen molar-refractivity contribution in [3.8, 4) is 0 Å². The lowest BCUT2D eigenvalue weighted by atomic mass is 10.3. The highest BCUT2D eigenvalue weighted by Crippen LogP contribution is 2.11. The number of aromatic nitrogens is 5. The van der Waals surface area contributed by atoms with Gasteiger partial charge < -0.3 is 10.6 Å². The van der Waals surface area contributed by atoms with Gasteiger partial charge in [-0.05, 0) is 10.4 Å². The maximum absolute atomic E-state index is 10.6. The molecule has 0 atom stereocenters. The normalized spacial score (nSPS) is 11.4. The summed E-state index contributed by atoms with van der Waals surface area (Å²) in [5.41, 5.74) is 5.68. The number of H-pyrrole nitrogens is 1. The Morgan fingerprint density at radius 3 is 3.18 bits per heavy atom. The second-order valence-corrected chi connectivity index (χ2v) is 3.62. The Labute approximate surface area is 98.7 Å². The molecule has 0 fully saturated rings. The van der Waals surface area contributed by atoms with E-state index in [1.54, 1.807) is 11.7 Å². The average molecular weight is 252 g/mol. The summed E-state index contributed by atoms with van der Waals surface area (Å²) in [6.07, 6.45) is 1.61. The maximum Gasteiger partial charge on any atom is 0.259 e. The number of nitrogens with zero attached hydrogens (tertiary/aromatic N) is 5. The smallest absolute Gasteiger partial charge is 0.259 e. The molecule has 1 radical (unpaired) electrons. The largest absolute Gasteiger partial charge is 0.387 e. The molecule has 0 aliphatic rings. The highest BCUT2D eigenvalue weighted by molar-refractivity contribution is 7.13. The zero-order valence-electron chi connectivity index (χ0n) is 8.32. The first-order valence-corrected chi connectivity index (χ1v) is 5.19. The van der Waals surface area contributed by atoms with Gasteiger partial charge in [0, 0.05) is 5.38 Å². The maximum atomic E-state index is 10.6. The Bertz CT molecular complexity index is 520. The number of tetrazole rings is 1. The zero-order valence-corrected chi connectivity index (χ0v) is 9.14. The van der Waals surface area contributed by atoms with E-state index in [0.717, 1.165) is 0 Å². The molecule has 0 saturated heterocycles. The Kier molecular flexibility index (Phi) is 3.35. The van der Waals surface area contributed by atoms with Gasteiger partial charge in [0.1, 0.15) is 5.69 Å².